The number of aromatic nitrogens is 1. The number of rotatable bonds is 3. The Morgan fingerprint density at radius 1 is 1.31 bits per heavy atom. The van der Waals surface area contributed by atoms with Gasteiger partial charge < -0.3 is 10.3 Å². The number of fused-ring (bicyclic) bond motifs is 1. The van der Waals surface area contributed by atoms with Crippen LogP contribution in [0.4, 0.5) is 8.78 Å². The third-order valence-electron chi connectivity index (χ3n) is 2.79. The average molecular weight is 224 g/mol. The van der Waals surface area contributed by atoms with Crippen LogP contribution >= 0.6 is 0 Å². The normalized spacial score (nSPS) is 12.2. The summed E-state index contributed by atoms with van der Waals surface area (Å²) in [6, 6.07) is 9.41. The standard InChI is InChI=1S/C12H14F2N2/c1-16-10(7-12(13,14)8-15)6-9-4-2-3-5-11(9)16/h2-6H,7-8,15H2,1H3. The zero-order valence-corrected chi connectivity index (χ0v) is 9.08. The third kappa shape index (κ3) is 1.93. The van der Waals surface area contributed by atoms with Crippen molar-refractivity contribution in [2.45, 2.75) is 12.3 Å². The molecule has 2 nitrogen and oxygen atoms in total. The van der Waals surface area contributed by atoms with E-state index in [1.807, 2.05) is 24.3 Å². The molecule has 0 aliphatic rings. The first-order valence-corrected chi connectivity index (χ1v) is 5.15. The lowest BCUT2D eigenvalue weighted by molar-refractivity contribution is 0.0100. The molecular formula is C12H14F2N2. The van der Waals surface area contributed by atoms with E-state index in [2.05, 4.69) is 0 Å². The summed E-state index contributed by atoms with van der Waals surface area (Å²) in [4.78, 5) is 0. The van der Waals surface area contributed by atoms with Crippen molar-refractivity contribution in [1.29, 1.82) is 0 Å². The summed E-state index contributed by atoms with van der Waals surface area (Å²) >= 11 is 0. The van der Waals surface area contributed by atoms with Crippen molar-refractivity contribution in [3.63, 3.8) is 0 Å². The predicted octanol–water partition coefficient (Wildman–Crippen LogP) is 2.31. The molecule has 0 saturated heterocycles. The van der Waals surface area contributed by atoms with Gasteiger partial charge in [0.2, 0.25) is 0 Å². The van der Waals surface area contributed by atoms with Gasteiger partial charge in [0, 0.05) is 18.3 Å². The van der Waals surface area contributed by atoms with Crippen LogP contribution in [0.15, 0.2) is 30.3 Å². The van der Waals surface area contributed by atoms with Gasteiger partial charge in [-0.1, -0.05) is 18.2 Å². The maximum absolute atomic E-state index is 13.2. The van der Waals surface area contributed by atoms with E-state index >= 15 is 0 Å². The first kappa shape index (κ1) is 11.1. The second-order valence-corrected chi connectivity index (χ2v) is 3.99. The highest BCUT2D eigenvalue weighted by molar-refractivity contribution is 5.81. The molecule has 0 bridgehead atoms. The Labute approximate surface area is 92.7 Å². The van der Waals surface area contributed by atoms with Crippen LogP contribution in [0.25, 0.3) is 10.9 Å². The fourth-order valence-corrected chi connectivity index (χ4v) is 1.85. The van der Waals surface area contributed by atoms with E-state index in [9.17, 15) is 8.78 Å². The van der Waals surface area contributed by atoms with Crippen LogP contribution in [0.2, 0.25) is 0 Å². The van der Waals surface area contributed by atoms with Crippen LogP contribution < -0.4 is 5.73 Å². The van der Waals surface area contributed by atoms with Crippen molar-refractivity contribution in [3.05, 3.63) is 36.0 Å². The van der Waals surface area contributed by atoms with Crippen LogP contribution in [0.5, 0.6) is 0 Å². The Hall–Kier alpha value is -1.42. The van der Waals surface area contributed by atoms with E-state index in [0.29, 0.717) is 5.69 Å². The van der Waals surface area contributed by atoms with Gasteiger partial charge in [-0.3, -0.25) is 0 Å². The van der Waals surface area contributed by atoms with E-state index < -0.39 is 12.5 Å². The number of nitrogens with two attached hydrogens (primary N) is 1. The molecule has 4 heteroatoms. The number of hydrogen-bond acceptors (Lipinski definition) is 1. The third-order valence-corrected chi connectivity index (χ3v) is 2.79. The predicted molar refractivity (Wildman–Crippen MR) is 60.6 cm³/mol. The minimum absolute atomic E-state index is 0.311. The smallest absolute Gasteiger partial charge is 0.265 e. The number of halogens is 2. The van der Waals surface area contributed by atoms with Gasteiger partial charge in [0.1, 0.15) is 0 Å². The van der Waals surface area contributed by atoms with E-state index in [1.54, 1.807) is 17.7 Å². The first-order chi connectivity index (χ1) is 7.53. The van der Waals surface area contributed by atoms with Gasteiger partial charge in [-0.25, -0.2) is 8.78 Å². The number of nitrogens with zero attached hydrogens (tertiary/aromatic N) is 1. The van der Waals surface area contributed by atoms with Gasteiger partial charge in [0.15, 0.2) is 0 Å². The lowest BCUT2D eigenvalue weighted by Gasteiger charge is -2.14. The van der Waals surface area contributed by atoms with Crippen molar-refractivity contribution in [1.82, 2.24) is 4.57 Å². The topological polar surface area (TPSA) is 30.9 Å². The Kier molecular flexibility index (Phi) is 2.68. The molecule has 16 heavy (non-hydrogen) atoms. The Bertz CT molecular complexity index is 503. The molecule has 1 aromatic carbocycles. The maximum Gasteiger partial charge on any atom is 0.265 e. The fraction of sp³-hybridized carbons (Fsp3) is 0.333. The zero-order valence-electron chi connectivity index (χ0n) is 9.08. The minimum Gasteiger partial charge on any atom is -0.347 e. The van der Waals surface area contributed by atoms with Crippen molar-refractivity contribution < 1.29 is 8.78 Å². The molecule has 0 aliphatic heterocycles. The molecule has 1 aromatic heterocycles. The summed E-state index contributed by atoms with van der Waals surface area (Å²) in [5, 5.41) is 0.979. The van der Waals surface area contributed by atoms with E-state index in [4.69, 9.17) is 5.73 Å². The zero-order chi connectivity index (χ0) is 11.8. The molecule has 2 aromatic rings. The summed E-state index contributed by atoms with van der Waals surface area (Å²) in [5.74, 6) is -2.83. The number of aryl methyl sites for hydroxylation is 1. The molecule has 0 aliphatic carbocycles. The number of alkyl halides is 2. The van der Waals surface area contributed by atoms with Crippen LogP contribution in [0.1, 0.15) is 5.69 Å². The molecule has 0 saturated carbocycles. The molecule has 86 valence electrons. The molecule has 1 heterocycles. The van der Waals surface area contributed by atoms with Crippen molar-refractivity contribution in [3.8, 4) is 0 Å². The summed E-state index contributed by atoms with van der Waals surface area (Å²) in [7, 11) is 1.80. The van der Waals surface area contributed by atoms with Gasteiger partial charge in [-0.2, -0.15) is 0 Å². The molecule has 0 atom stereocenters. The van der Waals surface area contributed by atoms with Crippen LogP contribution in [0, 0.1) is 0 Å². The van der Waals surface area contributed by atoms with Crippen LogP contribution in [0.3, 0.4) is 0 Å². The fourth-order valence-electron chi connectivity index (χ4n) is 1.85. The molecule has 2 N–H and O–H groups in total. The Morgan fingerprint density at radius 3 is 2.62 bits per heavy atom. The van der Waals surface area contributed by atoms with Crippen molar-refractivity contribution >= 4 is 10.9 Å². The molecule has 2 rings (SSSR count). The quantitative estimate of drug-likeness (QED) is 0.852. The van der Waals surface area contributed by atoms with E-state index in [-0.39, 0.29) is 6.42 Å². The van der Waals surface area contributed by atoms with Crippen molar-refractivity contribution in [2.24, 2.45) is 12.8 Å². The Balaban J connectivity index is 2.42. The second kappa shape index (κ2) is 3.87. The van der Waals surface area contributed by atoms with Gasteiger partial charge in [0.05, 0.1) is 13.0 Å². The molecule has 0 spiro atoms. The van der Waals surface area contributed by atoms with E-state index in [0.717, 1.165) is 10.9 Å². The highest BCUT2D eigenvalue weighted by Gasteiger charge is 2.28. The van der Waals surface area contributed by atoms with Gasteiger partial charge >= 0.3 is 0 Å². The number of hydrogen-bond donors (Lipinski definition) is 1. The summed E-state index contributed by atoms with van der Waals surface area (Å²) in [6.45, 7) is -0.617. The van der Waals surface area contributed by atoms with Crippen LogP contribution in [-0.4, -0.2) is 17.0 Å². The first-order valence-electron chi connectivity index (χ1n) is 5.15. The minimum atomic E-state index is -2.83. The molecule has 0 radical (unpaired) electrons. The molecule has 0 fully saturated rings. The second-order valence-electron chi connectivity index (χ2n) is 3.99. The maximum atomic E-state index is 13.2. The lowest BCUT2D eigenvalue weighted by Crippen LogP contribution is -2.30. The van der Waals surface area contributed by atoms with Crippen LogP contribution in [-0.2, 0) is 13.5 Å². The summed E-state index contributed by atoms with van der Waals surface area (Å²) in [5.41, 5.74) is 6.61. The molecular weight excluding hydrogens is 210 g/mol. The van der Waals surface area contributed by atoms with Gasteiger partial charge in [-0.15, -0.1) is 0 Å². The van der Waals surface area contributed by atoms with Gasteiger partial charge in [0.25, 0.3) is 5.92 Å². The number of benzene rings is 1. The van der Waals surface area contributed by atoms with E-state index in [1.165, 1.54) is 0 Å². The van der Waals surface area contributed by atoms with Crippen molar-refractivity contribution in [2.75, 3.05) is 6.54 Å². The summed E-state index contributed by atoms with van der Waals surface area (Å²) < 4.78 is 28.2. The lowest BCUT2D eigenvalue weighted by atomic mass is 10.2. The molecule has 0 unspecified atom stereocenters. The van der Waals surface area contributed by atoms with Gasteiger partial charge in [-0.05, 0) is 17.5 Å². The summed E-state index contributed by atoms with van der Waals surface area (Å²) in [6.07, 6.45) is -0.311. The SMILES string of the molecule is Cn1c(CC(F)(F)CN)cc2ccccc21. The highest BCUT2D eigenvalue weighted by Crippen LogP contribution is 2.24. The highest BCUT2D eigenvalue weighted by atomic mass is 19.3. The Morgan fingerprint density at radius 2 is 2.00 bits per heavy atom. The largest absolute Gasteiger partial charge is 0.347 e. The molecule has 0 amide bonds. The monoisotopic (exact) mass is 224 g/mol. The average Bonchev–Trinajstić information content (AvgIpc) is 2.56. The number of para-hydroxylation sites is 1.